The third kappa shape index (κ3) is 4.67. The van der Waals surface area contributed by atoms with Crippen LogP contribution in [0.1, 0.15) is 38.4 Å². The van der Waals surface area contributed by atoms with Crippen molar-refractivity contribution in [2.24, 2.45) is 5.92 Å². The lowest BCUT2D eigenvalue weighted by atomic mass is 9.96. The van der Waals surface area contributed by atoms with Gasteiger partial charge in [-0.15, -0.1) is 0 Å². The number of aliphatic hydroxyl groups is 1. The van der Waals surface area contributed by atoms with Gasteiger partial charge in [-0.05, 0) is 30.0 Å². The lowest BCUT2D eigenvalue weighted by Crippen LogP contribution is -2.07. The molecule has 0 spiro atoms. The van der Waals surface area contributed by atoms with E-state index in [9.17, 15) is 13.9 Å². The third-order valence-electron chi connectivity index (χ3n) is 3.11. The maximum atomic E-state index is 12.3. The summed E-state index contributed by atoms with van der Waals surface area (Å²) in [6.45, 7) is 1.15. The lowest BCUT2D eigenvalue weighted by molar-refractivity contribution is -0.0513. The first kappa shape index (κ1) is 15.7. The zero-order valence-electron chi connectivity index (χ0n) is 11.4. The molecule has 0 saturated heterocycles. The largest absolute Gasteiger partial charge is 0.493 e. The molecular formula is C14H20F2O3. The Balaban J connectivity index is 2.90. The topological polar surface area (TPSA) is 38.7 Å². The van der Waals surface area contributed by atoms with Crippen LogP contribution in [0.15, 0.2) is 18.2 Å². The normalized spacial score (nSPS) is 14.3. The molecule has 0 aliphatic carbocycles. The molecule has 2 atom stereocenters. The molecule has 0 aliphatic rings. The Morgan fingerprint density at radius 1 is 1.26 bits per heavy atom. The molecule has 19 heavy (non-hydrogen) atoms. The minimum absolute atomic E-state index is 0.0572. The quantitative estimate of drug-likeness (QED) is 0.822. The molecule has 1 aromatic rings. The van der Waals surface area contributed by atoms with Crippen LogP contribution >= 0.6 is 0 Å². The summed E-state index contributed by atoms with van der Waals surface area (Å²) in [6.07, 6.45) is 0.839. The van der Waals surface area contributed by atoms with Crippen molar-refractivity contribution < 1.29 is 23.4 Å². The van der Waals surface area contributed by atoms with E-state index in [0.29, 0.717) is 17.9 Å². The van der Waals surface area contributed by atoms with Gasteiger partial charge >= 0.3 is 6.61 Å². The van der Waals surface area contributed by atoms with Gasteiger partial charge in [-0.1, -0.05) is 26.3 Å². The molecule has 0 heterocycles. The zero-order chi connectivity index (χ0) is 14.4. The van der Waals surface area contributed by atoms with Crippen LogP contribution in [0.5, 0.6) is 11.5 Å². The fourth-order valence-corrected chi connectivity index (χ4v) is 1.77. The van der Waals surface area contributed by atoms with Crippen molar-refractivity contribution in [1.82, 2.24) is 0 Å². The molecule has 3 nitrogen and oxygen atoms in total. The summed E-state index contributed by atoms with van der Waals surface area (Å²) < 4.78 is 33.9. The first-order chi connectivity index (χ1) is 8.97. The van der Waals surface area contributed by atoms with Gasteiger partial charge in [-0.2, -0.15) is 8.78 Å². The molecule has 1 aromatic carbocycles. The Hall–Kier alpha value is -1.36. The average Bonchev–Trinajstić information content (AvgIpc) is 2.37. The highest BCUT2D eigenvalue weighted by Gasteiger charge is 2.16. The van der Waals surface area contributed by atoms with Crippen molar-refractivity contribution >= 4 is 0 Å². The fourth-order valence-electron chi connectivity index (χ4n) is 1.77. The highest BCUT2D eigenvalue weighted by molar-refractivity contribution is 5.43. The van der Waals surface area contributed by atoms with Crippen molar-refractivity contribution in [2.45, 2.75) is 39.4 Å². The molecule has 0 radical (unpaired) electrons. The maximum Gasteiger partial charge on any atom is 0.387 e. The SMILES string of the molecule is CCC(C)CC(O)c1ccc(OC)c(OC(F)F)c1. The van der Waals surface area contributed by atoms with Crippen molar-refractivity contribution in [2.75, 3.05) is 7.11 Å². The van der Waals surface area contributed by atoms with E-state index >= 15 is 0 Å². The summed E-state index contributed by atoms with van der Waals surface area (Å²) in [6, 6.07) is 4.58. The second-order valence-corrected chi connectivity index (χ2v) is 4.55. The number of halogens is 2. The van der Waals surface area contributed by atoms with Crippen LogP contribution < -0.4 is 9.47 Å². The summed E-state index contributed by atoms with van der Waals surface area (Å²) in [5.74, 6) is 0.523. The van der Waals surface area contributed by atoms with Gasteiger partial charge in [0.15, 0.2) is 11.5 Å². The first-order valence-electron chi connectivity index (χ1n) is 6.28. The minimum Gasteiger partial charge on any atom is -0.493 e. The summed E-state index contributed by atoms with van der Waals surface area (Å²) in [7, 11) is 1.38. The first-order valence-corrected chi connectivity index (χ1v) is 6.28. The molecule has 0 bridgehead atoms. The van der Waals surface area contributed by atoms with Gasteiger partial charge in [-0.3, -0.25) is 0 Å². The van der Waals surface area contributed by atoms with Gasteiger partial charge < -0.3 is 14.6 Å². The Labute approximate surface area is 112 Å². The van der Waals surface area contributed by atoms with Crippen molar-refractivity contribution in [3.05, 3.63) is 23.8 Å². The van der Waals surface area contributed by atoms with E-state index < -0.39 is 12.7 Å². The molecule has 1 N–H and O–H groups in total. The molecule has 2 unspecified atom stereocenters. The highest BCUT2D eigenvalue weighted by Crippen LogP contribution is 2.33. The van der Waals surface area contributed by atoms with Gasteiger partial charge in [0, 0.05) is 0 Å². The smallest absolute Gasteiger partial charge is 0.387 e. The average molecular weight is 274 g/mol. The third-order valence-corrected chi connectivity index (χ3v) is 3.11. The maximum absolute atomic E-state index is 12.3. The number of methoxy groups -OCH3 is 1. The zero-order valence-corrected chi connectivity index (χ0v) is 11.4. The number of aliphatic hydroxyl groups excluding tert-OH is 1. The van der Waals surface area contributed by atoms with Crippen LogP contribution in [0.3, 0.4) is 0 Å². The fraction of sp³-hybridized carbons (Fsp3) is 0.571. The van der Waals surface area contributed by atoms with E-state index in [4.69, 9.17) is 4.74 Å². The van der Waals surface area contributed by atoms with Crippen LogP contribution in [0.2, 0.25) is 0 Å². The van der Waals surface area contributed by atoms with Gasteiger partial charge in [0.2, 0.25) is 0 Å². The van der Waals surface area contributed by atoms with Crippen LogP contribution in [0, 0.1) is 5.92 Å². The molecule has 108 valence electrons. The highest BCUT2D eigenvalue weighted by atomic mass is 19.3. The number of hydrogen-bond donors (Lipinski definition) is 1. The number of alkyl halides is 2. The Kier molecular flexibility index (Phi) is 6.02. The number of benzene rings is 1. The van der Waals surface area contributed by atoms with Crippen molar-refractivity contribution in [1.29, 1.82) is 0 Å². The molecule has 0 amide bonds. The van der Waals surface area contributed by atoms with E-state index in [0.717, 1.165) is 6.42 Å². The number of rotatable bonds is 7. The molecular weight excluding hydrogens is 254 g/mol. The predicted octanol–water partition coefficient (Wildman–Crippen LogP) is 3.77. The van der Waals surface area contributed by atoms with Gasteiger partial charge in [0.25, 0.3) is 0 Å². The van der Waals surface area contributed by atoms with Gasteiger partial charge in [0.1, 0.15) is 0 Å². The Morgan fingerprint density at radius 3 is 2.47 bits per heavy atom. The van der Waals surface area contributed by atoms with Crippen molar-refractivity contribution in [3.63, 3.8) is 0 Å². The minimum atomic E-state index is -2.92. The predicted molar refractivity (Wildman–Crippen MR) is 68.7 cm³/mol. The van der Waals surface area contributed by atoms with Crippen LogP contribution in [-0.2, 0) is 0 Å². The van der Waals surface area contributed by atoms with Crippen LogP contribution in [-0.4, -0.2) is 18.8 Å². The summed E-state index contributed by atoms with van der Waals surface area (Å²) >= 11 is 0. The molecule has 0 aliphatic heterocycles. The summed E-state index contributed by atoms with van der Waals surface area (Å²) in [4.78, 5) is 0. The second kappa shape index (κ2) is 7.28. The van der Waals surface area contributed by atoms with E-state index in [1.165, 1.54) is 19.2 Å². The second-order valence-electron chi connectivity index (χ2n) is 4.55. The number of hydrogen-bond acceptors (Lipinski definition) is 3. The van der Waals surface area contributed by atoms with E-state index in [-0.39, 0.29) is 11.5 Å². The molecule has 1 rings (SSSR count). The molecule has 5 heteroatoms. The summed E-state index contributed by atoms with van der Waals surface area (Å²) in [5, 5.41) is 10.1. The monoisotopic (exact) mass is 274 g/mol. The van der Waals surface area contributed by atoms with Crippen LogP contribution in [0.25, 0.3) is 0 Å². The molecule has 0 aromatic heterocycles. The Morgan fingerprint density at radius 2 is 1.95 bits per heavy atom. The van der Waals surface area contributed by atoms with E-state index in [1.54, 1.807) is 6.07 Å². The van der Waals surface area contributed by atoms with E-state index in [1.807, 2.05) is 13.8 Å². The van der Waals surface area contributed by atoms with Gasteiger partial charge in [0.05, 0.1) is 13.2 Å². The summed E-state index contributed by atoms with van der Waals surface area (Å²) in [5.41, 5.74) is 0.553. The Bertz CT molecular complexity index is 396. The van der Waals surface area contributed by atoms with Crippen LogP contribution in [0.4, 0.5) is 8.78 Å². The standard InChI is InChI=1S/C14H20F2O3/c1-4-9(2)7-11(17)10-5-6-12(18-3)13(8-10)19-14(15)16/h5-6,8-9,11,14,17H,4,7H2,1-3H3. The lowest BCUT2D eigenvalue weighted by Gasteiger charge is -2.17. The molecule has 0 saturated carbocycles. The van der Waals surface area contributed by atoms with E-state index in [2.05, 4.69) is 4.74 Å². The van der Waals surface area contributed by atoms with Gasteiger partial charge in [-0.25, -0.2) is 0 Å². The number of ether oxygens (including phenoxy) is 2. The van der Waals surface area contributed by atoms with Crippen molar-refractivity contribution in [3.8, 4) is 11.5 Å². The molecule has 0 fully saturated rings.